The lowest BCUT2D eigenvalue weighted by Crippen LogP contribution is -2.48. The number of nitrogens with one attached hydrogen (secondary N) is 1. The van der Waals surface area contributed by atoms with E-state index >= 15 is 0 Å². The SMILES string of the molecule is CCCCCn1c(=O)n(C(=O)NC(=O)[C@@H](N)Cc2ccccc2)c2ccccc21. The Morgan fingerprint density at radius 1 is 1.00 bits per heavy atom. The maximum Gasteiger partial charge on any atom is 0.337 e. The molecule has 2 aromatic carbocycles. The first-order valence-electron chi connectivity index (χ1n) is 9.88. The number of hydrogen-bond donors (Lipinski definition) is 2. The Kier molecular flexibility index (Phi) is 6.61. The van der Waals surface area contributed by atoms with E-state index in [1.807, 2.05) is 36.4 Å². The van der Waals surface area contributed by atoms with Gasteiger partial charge in [-0.05, 0) is 30.5 Å². The first kappa shape index (κ1) is 20.5. The average Bonchev–Trinajstić information content (AvgIpc) is 3.00. The van der Waals surface area contributed by atoms with Crippen LogP contribution in [0.2, 0.25) is 0 Å². The lowest BCUT2D eigenvalue weighted by molar-refractivity contribution is -0.121. The molecule has 3 N–H and O–H groups in total. The number of aromatic nitrogens is 2. The zero-order valence-electron chi connectivity index (χ0n) is 16.5. The molecule has 0 spiro atoms. The normalized spacial score (nSPS) is 12.1. The second-order valence-electron chi connectivity index (χ2n) is 7.06. The molecule has 1 aromatic heterocycles. The molecule has 0 aliphatic carbocycles. The minimum Gasteiger partial charge on any atom is -0.320 e. The van der Waals surface area contributed by atoms with Crippen LogP contribution in [0.1, 0.15) is 31.7 Å². The second kappa shape index (κ2) is 9.34. The van der Waals surface area contributed by atoms with Gasteiger partial charge in [0.05, 0.1) is 17.1 Å². The molecule has 1 atom stereocenters. The van der Waals surface area contributed by atoms with Crippen LogP contribution >= 0.6 is 0 Å². The summed E-state index contributed by atoms with van der Waals surface area (Å²) in [5.74, 6) is -0.617. The maximum atomic E-state index is 12.9. The molecule has 0 bridgehead atoms. The highest BCUT2D eigenvalue weighted by atomic mass is 16.2. The van der Waals surface area contributed by atoms with Crippen molar-refractivity contribution in [1.29, 1.82) is 0 Å². The number of nitrogens with two attached hydrogens (primary N) is 1. The fourth-order valence-corrected chi connectivity index (χ4v) is 3.36. The van der Waals surface area contributed by atoms with E-state index in [-0.39, 0.29) is 0 Å². The summed E-state index contributed by atoms with van der Waals surface area (Å²) in [5.41, 5.74) is 7.54. The molecule has 3 aromatic rings. The van der Waals surface area contributed by atoms with Gasteiger partial charge in [-0.2, -0.15) is 0 Å². The minimum absolute atomic E-state index is 0.299. The Hall–Kier alpha value is -3.19. The molecule has 0 aliphatic rings. The summed E-state index contributed by atoms with van der Waals surface area (Å²) in [6.45, 7) is 2.61. The van der Waals surface area contributed by atoms with Crippen LogP contribution in [0.5, 0.6) is 0 Å². The maximum absolute atomic E-state index is 12.9. The number of unbranched alkanes of at least 4 members (excludes halogenated alkanes) is 2. The molecule has 3 rings (SSSR count). The fourth-order valence-electron chi connectivity index (χ4n) is 3.36. The highest BCUT2D eigenvalue weighted by Crippen LogP contribution is 2.14. The fraction of sp³-hybridized carbons (Fsp3) is 0.318. The van der Waals surface area contributed by atoms with Gasteiger partial charge in [0.1, 0.15) is 0 Å². The molecular weight excluding hydrogens is 368 g/mol. The van der Waals surface area contributed by atoms with Crippen LogP contribution in [0.4, 0.5) is 4.79 Å². The zero-order chi connectivity index (χ0) is 20.8. The summed E-state index contributed by atoms with van der Waals surface area (Å²) in [6.07, 6.45) is 3.16. The van der Waals surface area contributed by atoms with E-state index in [1.165, 1.54) is 0 Å². The summed E-state index contributed by atoms with van der Waals surface area (Å²) in [5, 5.41) is 2.28. The Morgan fingerprint density at radius 3 is 2.34 bits per heavy atom. The topological polar surface area (TPSA) is 99.1 Å². The van der Waals surface area contributed by atoms with E-state index in [2.05, 4.69) is 12.2 Å². The predicted octanol–water partition coefficient (Wildman–Crippen LogP) is 2.65. The molecule has 152 valence electrons. The van der Waals surface area contributed by atoms with Gasteiger partial charge >= 0.3 is 11.7 Å². The van der Waals surface area contributed by atoms with Gasteiger partial charge in [-0.1, -0.05) is 62.2 Å². The van der Waals surface area contributed by atoms with Gasteiger partial charge in [0.25, 0.3) is 0 Å². The van der Waals surface area contributed by atoms with Crippen LogP contribution in [0, 0.1) is 0 Å². The van der Waals surface area contributed by atoms with E-state index in [1.54, 1.807) is 22.8 Å². The average molecular weight is 394 g/mol. The number of nitrogens with zero attached hydrogens (tertiary/aromatic N) is 2. The molecule has 0 radical (unpaired) electrons. The van der Waals surface area contributed by atoms with Crippen molar-refractivity contribution >= 4 is 23.0 Å². The van der Waals surface area contributed by atoms with E-state index in [4.69, 9.17) is 5.73 Å². The van der Waals surface area contributed by atoms with Crippen LogP contribution in [-0.2, 0) is 17.8 Å². The molecule has 7 nitrogen and oxygen atoms in total. The molecule has 2 amide bonds. The van der Waals surface area contributed by atoms with Crippen molar-refractivity contribution in [3.8, 4) is 0 Å². The quantitative estimate of drug-likeness (QED) is 0.602. The summed E-state index contributed by atoms with van der Waals surface area (Å²) in [7, 11) is 0. The number of rotatable bonds is 7. The van der Waals surface area contributed by atoms with E-state index < -0.39 is 23.7 Å². The van der Waals surface area contributed by atoms with Gasteiger partial charge in [-0.25, -0.2) is 14.2 Å². The largest absolute Gasteiger partial charge is 0.337 e. The van der Waals surface area contributed by atoms with E-state index in [0.29, 0.717) is 24.0 Å². The molecule has 29 heavy (non-hydrogen) atoms. The Bertz CT molecular complexity index is 1050. The molecule has 0 unspecified atom stereocenters. The van der Waals surface area contributed by atoms with Crippen molar-refractivity contribution in [2.24, 2.45) is 5.73 Å². The number of aryl methyl sites for hydroxylation is 1. The molecule has 0 aliphatic heterocycles. The number of carbonyl (C=O) groups excluding carboxylic acids is 2. The molecule has 1 heterocycles. The van der Waals surface area contributed by atoms with Crippen LogP contribution in [0.3, 0.4) is 0 Å². The highest BCUT2D eigenvalue weighted by molar-refractivity contribution is 6.00. The molecule has 0 saturated heterocycles. The number of hydrogen-bond acceptors (Lipinski definition) is 4. The summed E-state index contributed by atoms with van der Waals surface area (Å²) >= 11 is 0. The number of carbonyl (C=O) groups is 2. The third kappa shape index (κ3) is 4.63. The van der Waals surface area contributed by atoms with Gasteiger partial charge in [-0.15, -0.1) is 0 Å². The Balaban J connectivity index is 1.80. The first-order chi connectivity index (χ1) is 14.0. The minimum atomic E-state index is -0.894. The van der Waals surface area contributed by atoms with Crippen LogP contribution in [0.25, 0.3) is 11.0 Å². The number of imidazole rings is 1. The molecule has 0 fully saturated rings. The number of benzene rings is 2. The Labute approximate surface area is 169 Å². The number of amides is 2. The number of para-hydroxylation sites is 2. The number of imide groups is 1. The monoisotopic (exact) mass is 394 g/mol. The highest BCUT2D eigenvalue weighted by Gasteiger charge is 2.22. The Morgan fingerprint density at radius 2 is 1.66 bits per heavy atom. The van der Waals surface area contributed by atoms with Gasteiger partial charge in [0.15, 0.2) is 0 Å². The molecule has 7 heteroatoms. The second-order valence-corrected chi connectivity index (χ2v) is 7.06. The van der Waals surface area contributed by atoms with Crippen LogP contribution in [0.15, 0.2) is 59.4 Å². The predicted molar refractivity (Wildman–Crippen MR) is 113 cm³/mol. The van der Waals surface area contributed by atoms with E-state index in [9.17, 15) is 14.4 Å². The van der Waals surface area contributed by atoms with Crippen LogP contribution < -0.4 is 16.7 Å². The third-order valence-corrected chi connectivity index (χ3v) is 4.89. The van der Waals surface area contributed by atoms with Crippen LogP contribution in [-0.4, -0.2) is 27.1 Å². The lowest BCUT2D eigenvalue weighted by atomic mass is 10.1. The molecule has 0 saturated carbocycles. The van der Waals surface area contributed by atoms with Gasteiger partial charge in [0, 0.05) is 6.54 Å². The zero-order valence-corrected chi connectivity index (χ0v) is 16.5. The summed E-state index contributed by atoms with van der Waals surface area (Å²) < 4.78 is 2.59. The standard InChI is InChI=1S/C22H26N4O3/c1-2-3-9-14-25-18-12-7-8-13-19(18)26(22(25)29)21(28)24-20(27)17(23)15-16-10-5-4-6-11-16/h4-8,10-13,17H,2-3,9,14-15,23H2,1H3,(H,24,27,28)/t17-/m0/s1. The number of fused-ring (bicyclic) bond motifs is 1. The summed E-state index contributed by atoms with van der Waals surface area (Å²) in [6, 6.07) is 14.7. The first-order valence-corrected chi connectivity index (χ1v) is 9.88. The van der Waals surface area contributed by atoms with Crippen molar-refractivity contribution in [3.63, 3.8) is 0 Å². The van der Waals surface area contributed by atoms with Crippen molar-refractivity contribution in [3.05, 3.63) is 70.6 Å². The van der Waals surface area contributed by atoms with Crippen molar-refractivity contribution in [2.45, 2.75) is 45.2 Å². The lowest BCUT2D eigenvalue weighted by Gasteiger charge is -2.11. The van der Waals surface area contributed by atoms with E-state index in [0.717, 1.165) is 29.4 Å². The van der Waals surface area contributed by atoms with Gasteiger partial charge in [0.2, 0.25) is 5.91 Å². The van der Waals surface area contributed by atoms with Gasteiger partial charge in [-0.3, -0.25) is 14.7 Å². The smallest absolute Gasteiger partial charge is 0.320 e. The molecular formula is C22H26N4O3. The van der Waals surface area contributed by atoms with Gasteiger partial charge < -0.3 is 5.73 Å². The third-order valence-electron chi connectivity index (χ3n) is 4.89. The van der Waals surface area contributed by atoms with Crippen molar-refractivity contribution in [2.75, 3.05) is 0 Å². The van der Waals surface area contributed by atoms with Crippen molar-refractivity contribution in [1.82, 2.24) is 14.5 Å². The summed E-state index contributed by atoms with van der Waals surface area (Å²) in [4.78, 5) is 38.1. The van der Waals surface area contributed by atoms with Crippen molar-refractivity contribution < 1.29 is 9.59 Å².